The lowest BCUT2D eigenvalue weighted by atomic mass is 9.91. The molecule has 204 valence electrons. The van der Waals surface area contributed by atoms with Crippen LogP contribution in [0.5, 0.6) is 0 Å². The fraction of sp³-hybridized carbons (Fsp3) is 1.00. The van der Waals surface area contributed by atoms with Gasteiger partial charge in [-0.15, -0.1) is 0 Å². The average Bonchev–Trinajstić information content (AvgIpc) is 3.11. The number of methoxy groups -OCH3 is 1. The van der Waals surface area contributed by atoms with Gasteiger partial charge in [0.2, 0.25) is 0 Å². The highest BCUT2D eigenvalue weighted by Gasteiger charge is 2.37. The van der Waals surface area contributed by atoms with Crippen molar-refractivity contribution < 1.29 is 25.2 Å². The third kappa shape index (κ3) is 10.3. The quantitative estimate of drug-likeness (QED) is 0.472. The van der Waals surface area contributed by atoms with E-state index in [0.717, 1.165) is 45.6 Å². The smallest absolute Gasteiger partial charge is 0.100 e. The van der Waals surface area contributed by atoms with Crippen LogP contribution < -0.4 is 0 Å². The van der Waals surface area contributed by atoms with Gasteiger partial charge in [0.25, 0.3) is 0 Å². The number of rotatable bonds is 4. The summed E-state index contributed by atoms with van der Waals surface area (Å²) in [6, 6.07) is 1.52. The molecule has 0 radical (unpaired) electrons. The van der Waals surface area contributed by atoms with E-state index in [0.29, 0.717) is 31.1 Å². The second kappa shape index (κ2) is 13.8. The molecular formula is C26H55N3O5. The Hall–Kier alpha value is -0.320. The van der Waals surface area contributed by atoms with Crippen molar-refractivity contribution in [1.82, 2.24) is 14.7 Å². The topological polar surface area (TPSA) is 99.9 Å². The van der Waals surface area contributed by atoms with E-state index in [1.807, 2.05) is 6.92 Å². The van der Waals surface area contributed by atoms with E-state index in [9.17, 15) is 20.4 Å². The molecule has 0 bridgehead atoms. The maximum atomic E-state index is 9.77. The lowest BCUT2D eigenvalue weighted by Gasteiger charge is -2.42. The molecule has 8 heteroatoms. The van der Waals surface area contributed by atoms with E-state index in [2.05, 4.69) is 56.2 Å². The monoisotopic (exact) mass is 489 g/mol. The molecule has 0 aromatic carbocycles. The number of nitrogens with zero attached hydrogens (tertiary/aromatic N) is 3. The Kier molecular flexibility index (Phi) is 12.9. The van der Waals surface area contributed by atoms with E-state index in [1.54, 1.807) is 14.0 Å². The van der Waals surface area contributed by atoms with Gasteiger partial charge < -0.3 is 25.2 Å². The first kappa shape index (κ1) is 31.7. The molecule has 3 unspecified atom stereocenters. The summed E-state index contributed by atoms with van der Waals surface area (Å²) in [4.78, 5) is 6.75. The van der Waals surface area contributed by atoms with E-state index >= 15 is 0 Å². The Morgan fingerprint density at radius 1 is 0.794 bits per heavy atom. The number of ether oxygens (including phenoxy) is 1. The summed E-state index contributed by atoms with van der Waals surface area (Å²) in [7, 11) is 1.65. The van der Waals surface area contributed by atoms with Gasteiger partial charge in [-0.25, -0.2) is 0 Å². The van der Waals surface area contributed by atoms with Crippen LogP contribution in [-0.2, 0) is 4.74 Å². The van der Waals surface area contributed by atoms with E-state index < -0.39 is 17.3 Å². The molecule has 3 aliphatic rings. The lowest BCUT2D eigenvalue weighted by Crippen LogP contribution is -2.56. The van der Waals surface area contributed by atoms with Crippen LogP contribution in [0, 0.1) is 0 Å². The zero-order chi connectivity index (χ0) is 26.3. The van der Waals surface area contributed by atoms with Gasteiger partial charge in [-0.1, -0.05) is 0 Å². The fourth-order valence-electron chi connectivity index (χ4n) is 4.77. The van der Waals surface area contributed by atoms with Gasteiger partial charge in [-0.3, -0.25) is 14.7 Å². The normalized spacial score (nSPS) is 35.8. The number of likely N-dealkylation sites (tertiary alicyclic amines) is 3. The number of aliphatic hydroxyl groups excluding tert-OH is 2. The van der Waals surface area contributed by atoms with Crippen LogP contribution in [0.15, 0.2) is 0 Å². The summed E-state index contributed by atoms with van der Waals surface area (Å²) in [5, 5.41) is 38.4. The largest absolute Gasteiger partial charge is 0.390 e. The number of hydrogen-bond acceptors (Lipinski definition) is 8. The molecule has 3 fully saturated rings. The lowest BCUT2D eigenvalue weighted by molar-refractivity contribution is -0.114. The Morgan fingerprint density at radius 3 is 1.68 bits per heavy atom. The Bertz CT molecular complexity index is 571. The zero-order valence-electron chi connectivity index (χ0n) is 23.4. The van der Waals surface area contributed by atoms with Crippen molar-refractivity contribution in [3.05, 3.63) is 0 Å². The van der Waals surface area contributed by atoms with Crippen LogP contribution in [0.2, 0.25) is 0 Å². The van der Waals surface area contributed by atoms with E-state index in [4.69, 9.17) is 4.74 Å². The predicted octanol–water partition coefficient (Wildman–Crippen LogP) is 1.54. The Balaban J connectivity index is 0.000000255. The molecular weight excluding hydrogens is 434 g/mol. The molecule has 3 aliphatic heterocycles. The first-order valence-electron chi connectivity index (χ1n) is 13.2. The summed E-state index contributed by atoms with van der Waals surface area (Å²) < 4.78 is 5.11. The first-order chi connectivity index (χ1) is 15.6. The van der Waals surface area contributed by atoms with Crippen molar-refractivity contribution in [3.63, 3.8) is 0 Å². The molecule has 0 aromatic rings. The van der Waals surface area contributed by atoms with Crippen LogP contribution >= 0.6 is 0 Å². The molecule has 3 saturated heterocycles. The maximum absolute atomic E-state index is 9.77. The second-order valence-corrected chi connectivity index (χ2v) is 11.8. The van der Waals surface area contributed by atoms with E-state index in [1.165, 1.54) is 0 Å². The number of piperidine rings is 2. The third-order valence-corrected chi connectivity index (χ3v) is 7.39. The molecule has 0 saturated carbocycles. The van der Waals surface area contributed by atoms with Crippen LogP contribution in [-0.4, -0.2) is 129 Å². The van der Waals surface area contributed by atoms with Crippen LogP contribution in [0.1, 0.15) is 74.7 Å². The first-order valence-corrected chi connectivity index (χ1v) is 13.2. The fourth-order valence-corrected chi connectivity index (χ4v) is 4.77. The van der Waals surface area contributed by atoms with Crippen molar-refractivity contribution in [2.24, 2.45) is 0 Å². The molecule has 5 atom stereocenters. The van der Waals surface area contributed by atoms with Gasteiger partial charge in [0.05, 0.1) is 23.9 Å². The number of hydrogen-bond donors (Lipinski definition) is 4. The van der Waals surface area contributed by atoms with Gasteiger partial charge in [0, 0.05) is 58.0 Å². The number of aliphatic hydroxyl groups is 4. The summed E-state index contributed by atoms with van der Waals surface area (Å²) in [5.74, 6) is 0. The van der Waals surface area contributed by atoms with Crippen molar-refractivity contribution in [3.8, 4) is 0 Å². The van der Waals surface area contributed by atoms with Crippen molar-refractivity contribution in [2.45, 2.75) is 122 Å². The summed E-state index contributed by atoms with van der Waals surface area (Å²) in [6.07, 6.45) is 1.90. The second-order valence-electron chi connectivity index (χ2n) is 11.8. The summed E-state index contributed by atoms with van der Waals surface area (Å²) >= 11 is 0. The highest BCUT2D eigenvalue weighted by Crippen LogP contribution is 2.23. The molecule has 34 heavy (non-hydrogen) atoms. The molecule has 0 amide bonds. The predicted molar refractivity (Wildman–Crippen MR) is 138 cm³/mol. The molecule has 3 heterocycles. The SMILES string of the molecule is CC(C)N1CCC(O)C(C)(O)C1.CC(C)N1CCCC(C)(O)C1.CO[C@H]1CN(C(C)C)C[C@H]1O. The Labute approximate surface area is 208 Å². The molecule has 0 aromatic heterocycles. The molecule has 8 nitrogen and oxygen atoms in total. The van der Waals surface area contributed by atoms with Crippen LogP contribution in [0.3, 0.4) is 0 Å². The van der Waals surface area contributed by atoms with Crippen molar-refractivity contribution >= 4 is 0 Å². The zero-order valence-corrected chi connectivity index (χ0v) is 23.4. The molecule has 0 aliphatic carbocycles. The minimum atomic E-state index is -0.928. The molecule has 4 N–H and O–H groups in total. The third-order valence-electron chi connectivity index (χ3n) is 7.39. The van der Waals surface area contributed by atoms with Gasteiger partial charge in [0.1, 0.15) is 5.60 Å². The number of β-amino-alcohol motifs (C(OH)–C–C–N with tert-alkyl or cyclic N) is 3. The standard InChI is InChI=1S/C9H19NO2.C9H19NO.C8H17NO2/c1-7(2)10-5-4-8(11)9(3,12)6-10;1-8(2)10-6-4-5-9(3,11)7-10;1-6(2)9-4-7(10)8(5-9)11-3/h7-8,11-12H,4-6H2,1-3H3;8,11H,4-7H2,1-3H3;6-8,10H,4-5H2,1-3H3/t;;7-,8+/m..1/s1. The van der Waals surface area contributed by atoms with Gasteiger partial charge in [-0.2, -0.15) is 0 Å². The van der Waals surface area contributed by atoms with Crippen molar-refractivity contribution in [2.75, 3.05) is 46.4 Å². The average molecular weight is 490 g/mol. The molecule has 3 rings (SSSR count). The maximum Gasteiger partial charge on any atom is 0.100 e. The minimum absolute atomic E-state index is 0.0115. The van der Waals surface area contributed by atoms with Gasteiger partial charge in [-0.05, 0) is 81.2 Å². The highest BCUT2D eigenvalue weighted by molar-refractivity contribution is 4.91. The molecule has 0 spiro atoms. The van der Waals surface area contributed by atoms with Crippen molar-refractivity contribution in [1.29, 1.82) is 0 Å². The van der Waals surface area contributed by atoms with Gasteiger partial charge >= 0.3 is 0 Å². The highest BCUT2D eigenvalue weighted by atomic mass is 16.5. The van der Waals surface area contributed by atoms with Gasteiger partial charge in [0.15, 0.2) is 0 Å². The van der Waals surface area contributed by atoms with E-state index in [-0.39, 0.29) is 12.2 Å². The Morgan fingerprint density at radius 2 is 1.32 bits per heavy atom. The summed E-state index contributed by atoms with van der Waals surface area (Å²) in [6.45, 7) is 21.5. The minimum Gasteiger partial charge on any atom is -0.390 e. The van der Waals surface area contributed by atoms with Crippen LogP contribution in [0.4, 0.5) is 0 Å². The summed E-state index contributed by atoms with van der Waals surface area (Å²) in [5.41, 5.74) is -1.37. The van der Waals surface area contributed by atoms with Crippen LogP contribution in [0.25, 0.3) is 0 Å².